The maximum Gasteiger partial charge on any atom is 0.172 e. The van der Waals surface area contributed by atoms with Gasteiger partial charge >= 0.3 is 0 Å². The summed E-state index contributed by atoms with van der Waals surface area (Å²) < 4.78 is 26.5. The Kier molecular flexibility index (Phi) is 3.06. The molecule has 1 aromatic heterocycles. The maximum atomic E-state index is 13.3. The zero-order chi connectivity index (χ0) is 14.1. The SMILES string of the molecule is Nc1ncc(-c2cc(F)cc(F)c2)nc1N1CC=CC1. The summed E-state index contributed by atoms with van der Waals surface area (Å²) in [5.74, 6) is -0.475. The average Bonchev–Trinajstić information content (AvgIpc) is 2.92. The summed E-state index contributed by atoms with van der Waals surface area (Å²) in [6.45, 7) is 1.39. The Morgan fingerprint density at radius 1 is 1.05 bits per heavy atom. The monoisotopic (exact) mass is 274 g/mol. The van der Waals surface area contributed by atoms with E-state index < -0.39 is 11.6 Å². The Bertz CT molecular complexity index is 657. The molecule has 2 heterocycles. The van der Waals surface area contributed by atoms with Crippen LogP contribution in [0.4, 0.5) is 20.4 Å². The molecule has 3 rings (SSSR count). The van der Waals surface area contributed by atoms with E-state index in [9.17, 15) is 8.78 Å². The first-order chi connectivity index (χ1) is 9.63. The van der Waals surface area contributed by atoms with Crippen LogP contribution in [0.3, 0.4) is 0 Å². The van der Waals surface area contributed by atoms with Crippen LogP contribution in [0.2, 0.25) is 0 Å². The van der Waals surface area contributed by atoms with Crippen molar-refractivity contribution in [2.24, 2.45) is 0 Å². The molecule has 6 heteroatoms. The molecule has 0 spiro atoms. The number of aromatic nitrogens is 2. The van der Waals surface area contributed by atoms with Gasteiger partial charge in [0.1, 0.15) is 11.6 Å². The third kappa shape index (κ3) is 2.32. The van der Waals surface area contributed by atoms with Gasteiger partial charge < -0.3 is 10.6 Å². The number of rotatable bonds is 2. The molecule has 0 atom stereocenters. The minimum Gasteiger partial charge on any atom is -0.381 e. The van der Waals surface area contributed by atoms with Crippen LogP contribution in [0.25, 0.3) is 11.3 Å². The normalized spacial score (nSPS) is 14.0. The second kappa shape index (κ2) is 4.88. The fourth-order valence-electron chi connectivity index (χ4n) is 2.11. The number of nitrogens with zero attached hydrogens (tertiary/aromatic N) is 3. The number of nitrogens with two attached hydrogens (primary N) is 1. The first kappa shape index (κ1) is 12.5. The summed E-state index contributed by atoms with van der Waals surface area (Å²) in [7, 11) is 0. The van der Waals surface area contributed by atoms with Crippen molar-refractivity contribution in [3.8, 4) is 11.3 Å². The van der Waals surface area contributed by atoms with Crippen LogP contribution in [-0.2, 0) is 0 Å². The third-order valence-corrected chi connectivity index (χ3v) is 3.06. The van der Waals surface area contributed by atoms with Crippen LogP contribution in [0.1, 0.15) is 0 Å². The van der Waals surface area contributed by atoms with E-state index in [4.69, 9.17) is 5.73 Å². The summed E-state index contributed by atoms with van der Waals surface area (Å²) in [6, 6.07) is 3.25. The van der Waals surface area contributed by atoms with Crippen molar-refractivity contribution in [1.29, 1.82) is 0 Å². The quantitative estimate of drug-likeness (QED) is 0.854. The molecule has 1 aliphatic heterocycles. The van der Waals surface area contributed by atoms with Gasteiger partial charge in [-0.2, -0.15) is 0 Å². The van der Waals surface area contributed by atoms with Gasteiger partial charge in [-0.15, -0.1) is 0 Å². The van der Waals surface area contributed by atoms with Crippen LogP contribution in [0.15, 0.2) is 36.5 Å². The lowest BCUT2D eigenvalue weighted by molar-refractivity contribution is 0.584. The Morgan fingerprint density at radius 2 is 1.70 bits per heavy atom. The van der Waals surface area contributed by atoms with Gasteiger partial charge in [0.25, 0.3) is 0 Å². The van der Waals surface area contributed by atoms with Crippen molar-refractivity contribution in [1.82, 2.24) is 9.97 Å². The van der Waals surface area contributed by atoms with Gasteiger partial charge in [0, 0.05) is 24.7 Å². The van der Waals surface area contributed by atoms with E-state index in [0.717, 1.165) is 6.07 Å². The number of anilines is 2. The first-order valence-electron chi connectivity index (χ1n) is 6.12. The summed E-state index contributed by atoms with van der Waals surface area (Å²) in [6.07, 6.45) is 5.40. The molecule has 0 amide bonds. The molecule has 0 fully saturated rings. The third-order valence-electron chi connectivity index (χ3n) is 3.06. The molecule has 20 heavy (non-hydrogen) atoms. The highest BCUT2D eigenvalue weighted by molar-refractivity contribution is 5.67. The highest BCUT2D eigenvalue weighted by Crippen LogP contribution is 2.26. The van der Waals surface area contributed by atoms with E-state index in [1.165, 1.54) is 18.3 Å². The molecule has 1 aliphatic rings. The Morgan fingerprint density at radius 3 is 2.35 bits per heavy atom. The predicted octanol–water partition coefficient (Wildman–Crippen LogP) is 2.38. The van der Waals surface area contributed by atoms with E-state index >= 15 is 0 Å². The van der Waals surface area contributed by atoms with E-state index in [-0.39, 0.29) is 0 Å². The fraction of sp³-hybridized carbons (Fsp3) is 0.143. The van der Waals surface area contributed by atoms with Crippen LogP contribution in [0, 0.1) is 11.6 Å². The zero-order valence-corrected chi connectivity index (χ0v) is 10.6. The molecule has 102 valence electrons. The van der Waals surface area contributed by atoms with Crippen LogP contribution in [0.5, 0.6) is 0 Å². The number of hydrogen-bond acceptors (Lipinski definition) is 4. The summed E-state index contributed by atoms with van der Waals surface area (Å²) >= 11 is 0. The highest BCUT2D eigenvalue weighted by Gasteiger charge is 2.15. The molecular formula is C14H12F2N4. The Hall–Kier alpha value is -2.50. The lowest BCUT2D eigenvalue weighted by Crippen LogP contribution is -2.22. The number of benzene rings is 1. The molecule has 0 saturated heterocycles. The van der Waals surface area contributed by atoms with E-state index in [1.54, 1.807) is 0 Å². The van der Waals surface area contributed by atoms with Crippen molar-refractivity contribution < 1.29 is 8.78 Å². The van der Waals surface area contributed by atoms with Gasteiger partial charge in [-0.3, -0.25) is 0 Å². The van der Waals surface area contributed by atoms with Crippen molar-refractivity contribution in [3.05, 3.63) is 48.2 Å². The lowest BCUT2D eigenvalue weighted by atomic mass is 10.1. The molecule has 2 N–H and O–H groups in total. The second-order valence-electron chi connectivity index (χ2n) is 4.50. The molecule has 0 radical (unpaired) electrons. The highest BCUT2D eigenvalue weighted by atomic mass is 19.1. The molecule has 0 saturated carbocycles. The number of nitrogen functional groups attached to an aromatic ring is 1. The molecule has 2 aromatic rings. The Balaban J connectivity index is 2.03. The zero-order valence-electron chi connectivity index (χ0n) is 10.6. The molecule has 4 nitrogen and oxygen atoms in total. The molecule has 1 aromatic carbocycles. The van der Waals surface area contributed by atoms with Crippen molar-refractivity contribution in [2.75, 3.05) is 23.7 Å². The van der Waals surface area contributed by atoms with Crippen LogP contribution < -0.4 is 10.6 Å². The number of halogens is 2. The minimum atomic E-state index is -0.650. The van der Waals surface area contributed by atoms with E-state index in [0.29, 0.717) is 36.0 Å². The van der Waals surface area contributed by atoms with E-state index in [1.807, 2.05) is 17.1 Å². The molecule has 0 aliphatic carbocycles. The summed E-state index contributed by atoms with van der Waals surface area (Å²) in [5, 5.41) is 0. The van der Waals surface area contributed by atoms with Crippen LogP contribution in [-0.4, -0.2) is 23.1 Å². The standard InChI is InChI=1S/C14H12F2N4/c15-10-5-9(6-11(16)7-10)12-8-18-13(17)14(19-12)20-3-1-2-4-20/h1-2,5-8H,3-4H2,(H2,17,18). The smallest absolute Gasteiger partial charge is 0.172 e. The maximum absolute atomic E-state index is 13.3. The molecular weight excluding hydrogens is 262 g/mol. The van der Waals surface area contributed by atoms with Gasteiger partial charge in [0.2, 0.25) is 0 Å². The van der Waals surface area contributed by atoms with Gasteiger partial charge in [-0.25, -0.2) is 18.7 Å². The summed E-state index contributed by atoms with van der Waals surface area (Å²) in [5.41, 5.74) is 6.54. The first-order valence-corrected chi connectivity index (χ1v) is 6.12. The van der Waals surface area contributed by atoms with E-state index in [2.05, 4.69) is 9.97 Å². The lowest BCUT2D eigenvalue weighted by Gasteiger charge is -2.18. The average molecular weight is 274 g/mol. The van der Waals surface area contributed by atoms with Crippen LogP contribution >= 0.6 is 0 Å². The largest absolute Gasteiger partial charge is 0.381 e. The van der Waals surface area contributed by atoms with Crippen molar-refractivity contribution in [3.63, 3.8) is 0 Å². The Labute approximate surface area is 114 Å². The minimum absolute atomic E-state index is 0.300. The van der Waals surface area contributed by atoms with Crippen molar-refractivity contribution >= 4 is 11.6 Å². The predicted molar refractivity (Wildman–Crippen MR) is 73.1 cm³/mol. The number of hydrogen-bond donors (Lipinski definition) is 1. The van der Waals surface area contributed by atoms with Gasteiger partial charge in [0.15, 0.2) is 11.6 Å². The van der Waals surface area contributed by atoms with Crippen molar-refractivity contribution in [2.45, 2.75) is 0 Å². The van der Waals surface area contributed by atoms with Gasteiger partial charge in [0.05, 0.1) is 11.9 Å². The molecule has 0 bridgehead atoms. The second-order valence-corrected chi connectivity index (χ2v) is 4.50. The van der Waals surface area contributed by atoms with Gasteiger partial charge in [-0.1, -0.05) is 12.2 Å². The summed E-state index contributed by atoms with van der Waals surface area (Å²) in [4.78, 5) is 10.4. The topological polar surface area (TPSA) is 55.0 Å². The van der Waals surface area contributed by atoms with Gasteiger partial charge in [-0.05, 0) is 12.1 Å². The fourth-order valence-corrected chi connectivity index (χ4v) is 2.11. The molecule has 0 unspecified atom stereocenters.